The first-order chi connectivity index (χ1) is 7.29. The lowest BCUT2D eigenvalue weighted by Crippen LogP contribution is -2.03. The first-order valence-electron chi connectivity index (χ1n) is 5.47. The molecule has 0 spiro atoms. The van der Waals surface area contributed by atoms with Crippen LogP contribution < -0.4 is 5.32 Å². The first kappa shape index (κ1) is 12.3. The lowest BCUT2D eigenvalue weighted by molar-refractivity contribution is 0.892. The summed E-state index contributed by atoms with van der Waals surface area (Å²) in [4.78, 5) is 8.53. The number of anilines is 1. The molecule has 1 rings (SSSR count). The van der Waals surface area contributed by atoms with Crippen LogP contribution in [0, 0.1) is 6.92 Å². The van der Waals surface area contributed by atoms with Gasteiger partial charge in [0, 0.05) is 12.1 Å². The maximum atomic E-state index is 4.30. The predicted molar refractivity (Wildman–Crippen MR) is 66.6 cm³/mol. The zero-order valence-electron chi connectivity index (χ0n) is 9.71. The Labute approximate surface area is 96.1 Å². The van der Waals surface area contributed by atoms with Crippen LogP contribution in [0.5, 0.6) is 0 Å². The van der Waals surface area contributed by atoms with Crippen LogP contribution in [0.15, 0.2) is 11.4 Å². The van der Waals surface area contributed by atoms with Gasteiger partial charge in [0.05, 0.1) is 0 Å². The van der Waals surface area contributed by atoms with Gasteiger partial charge in [-0.25, -0.2) is 9.97 Å². The van der Waals surface area contributed by atoms with Gasteiger partial charge in [-0.1, -0.05) is 13.3 Å². The highest BCUT2D eigenvalue weighted by Crippen LogP contribution is 2.24. The Morgan fingerprint density at radius 3 is 2.80 bits per heavy atom. The molecule has 0 amide bonds. The largest absolute Gasteiger partial charge is 0.370 e. The summed E-state index contributed by atoms with van der Waals surface area (Å²) in [6.07, 6.45) is 4.11. The van der Waals surface area contributed by atoms with Gasteiger partial charge in [-0.15, -0.1) is 11.8 Å². The summed E-state index contributed by atoms with van der Waals surface area (Å²) < 4.78 is 0. The third-order valence-corrected chi connectivity index (χ3v) is 3.30. The number of rotatable bonds is 6. The van der Waals surface area contributed by atoms with Crippen LogP contribution in [0.3, 0.4) is 0 Å². The van der Waals surface area contributed by atoms with Crippen molar-refractivity contribution < 1.29 is 0 Å². The molecule has 0 aliphatic carbocycles. The van der Waals surface area contributed by atoms with E-state index in [-0.39, 0.29) is 0 Å². The van der Waals surface area contributed by atoms with Gasteiger partial charge >= 0.3 is 0 Å². The Kier molecular flexibility index (Phi) is 5.47. The van der Waals surface area contributed by atoms with Crippen LogP contribution >= 0.6 is 11.8 Å². The summed E-state index contributed by atoms with van der Waals surface area (Å²) in [5, 5.41) is 4.35. The summed E-state index contributed by atoms with van der Waals surface area (Å²) in [6, 6.07) is 0. The van der Waals surface area contributed by atoms with Crippen LogP contribution in [0.25, 0.3) is 0 Å². The predicted octanol–water partition coefficient (Wildman–Crippen LogP) is 3.11. The second-order valence-electron chi connectivity index (χ2n) is 3.38. The van der Waals surface area contributed by atoms with Gasteiger partial charge in [-0.05, 0) is 26.0 Å². The average molecular weight is 225 g/mol. The van der Waals surface area contributed by atoms with E-state index in [4.69, 9.17) is 0 Å². The third kappa shape index (κ3) is 3.70. The molecule has 4 heteroatoms. The van der Waals surface area contributed by atoms with E-state index in [9.17, 15) is 0 Å². The number of nitrogens with one attached hydrogen (secondary N) is 1. The SMILES string of the molecule is CCCCSc1ncnc(NCC)c1C. The quantitative estimate of drug-likeness (QED) is 0.458. The van der Waals surface area contributed by atoms with Gasteiger partial charge < -0.3 is 5.32 Å². The molecule has 0 aliphatic rings. The molecule has 0 aromatic carbocycles. The van der Waals surface area contributed by atoms with Gasteiger partial charge in [0.2, 0.25) is 0 Å². The molecule has 3 nitrogen and oxygen atoms in total. The highest BCUT2D eigenvalue weighted by atomic mass is 32.2. The smallest absolute Gasteiger partial charge is 0.133 e. The number of nitrogens with zero attached hydrogens (tertiary/aromatic N) is 2. The van der Waals surface area contributed by atoms with Crippen molar-refractivity contribution in [1.29, 1.82) is 0 Å². The zero-order valence-corrected chi connectivity index (χ0v) is 10.5. The number of aromatic nitrogens is 2. The van der Waals surface area contributed by atoms with Gasteiger partial charge in [-0.3, -0.25) is 0 Å². The fourth-order valence-corrected chi connectivity index (χ4v) is 2.30. The maximum absolute atomic E-state index is 4.30. The normalized spacial score (nSPS) is 10.3. The molecular formula is C11H19N3S. The molecule has 0 radical (unpaired) electrons. The molecule has 0 saturated carbocycles. The lowest BCUT2D eigenvalue weighted by atomic mass is 10.3. The molecular weight excluding hydrogens is 206 g/mol. The zero-order chi connectivity index (χ0) is 11.1. The lowest BCUT2D eigenvalue weighted by Gasteiger charge is -2.09. The third-order valence-electron chi connectivity index (χ3n) is 2.12. The summed E-state index contributed by atoms with van der Waals surface area (Å²) in [5.74, 6) is 2.10. The van der Waals surface area contributed by atoms with Gasteiger partial charge in [0.25, 0.3) is 0 Å². The Balaban J connectivity index is 2.66. The summed E-state index contributed by atoms with van der Waals surface area (Å²) in [5.41, 5.74) is 1.17. The molecule has 0 fully saturated rings. The Morgan fingerprint density at radius 2 is 2.13 bits per heavy atom. The van der Waals surface area contributed by atoms with E-state index >= 15 is 0 Å². The van der Waals surface area contributed by atoms with Crippen LogP contribution in [-0.4, -0.2) is 22.3 Å². The van der Waals surface area contributed by atoms with Crippen LogP contribution in [0.1, 0.15) is 32.3 Å². The minimum Gasteiger partial charge on any atom is -0.370 e. The molecule has 84 valence electrons. The molecule has 15 heavy (non-hydrogen) atoms. The summed E-state index contributed by atoms with van der Waals surface area (Å²) in [6.45, 7) is 7.26. The summed E-state index contributed by atoms with van der Waals surface area (Å²) in [7, 11) is 0. The van der Waals surface area contributed by atoms with E-state index in [1.165, 1.54) is 18.4 Å². The van der Waals surface area contributed by atoms with E-state index in [1.807, 2.05) is 11.8 Å². The van der Waals surface area contributed by atoms with Crippen LogP contribution in [0.4, 0.5) is 5.82 Å². The molecule has 0 unspecified atom stereocenters. The minimum absolute atomic E-state index is 0.900. The number of hydrogen-bond acceptors (Lipinski definition) is 4. The molecule has 0 atom stereocenters. The Bertz CT molecular complexity index is 302. The van der Waals surface area contributed by atoms with E-state index in [2.05, 4.69) is 36.1 Å². The highest BCUT2D eigenvalue weighted by Gasteiger charge is 2.05. The molecule has 1 heterocycles. The fraction of sp³-hybridized carbons (Fsp3) is 0.636. The standard InChI is InChI=1S/C11H19N3S/c1-4-6-7-15-11-9(3)10(12-5-2)13-8-14-11/h8H,4-7H2,1-3H3,(H,12,13,14). The van der Waals surface area contributed by atoms with Crippen LogP contribution in [-0.2, 0) is 0 Å². The van der Waals surface area contributed by atoms with Gasteiger partial charge in [0.15, 0.2) is 0 Å². The second kappa shape index (κ2) is 6.67. The van der Waals surface area contributed by atoms with Crippen molar-refractivity contribution in [3.05, 3.63) is 11.9 Å². The number of thioether (sulfide) groups is 1. The van der Waals surface area contributed by atoms with E-state index < -0.39 is 0 Å². The minimum atomic E-state index is 0.900. The van der Waals surface area contributed by atoms with Crippen molar-refractivity contribution in [3.8, 4) is 0 Å². The maximum Gasteiger partial charge on any atom is 0.133 e. The van der Waals surface area contributed by atoms with Crippen molar-refractivity contribution in [1.82, 2.24) is 9.97 Å². The van der Waals surface area contributed by atoms with Crippen molar-refractivity contribution in [3.63, 3.8) is 0 Å². The van der Waals surface area contributed by atoms with Crippen molar-refractivity contribution >= 4 is 17.6 Å². The molecule has 0 saturated heterocycles. The molecule has 0 bridgehead atoms. The Hall–Kier alpha value is -0.770. The van der Waals surface area contributed by atoms with Gasteiger partial charge in [-0.2, -0.15) is 0 Å². The molecule has 1 aromatic heterocycles. The first-order valence-corrected chi connectivity index (χ1v) is 6.46. The summed E-state index contributed by atoms with van der Waals surface area (Å²) >= 11 is 1.82. The van der Waals surface area contributed by atoms with Crippen LogP contribution in [0.2, 0.25) is 0 Å². The molecule has 0 aliphatic heterocycles. The van der Waals surface area contributed by atoms with Crippen molar-refractivity contribution in [2.75, 3.05) is 17.6 Å². The Morgan fingerprint density at radius 1 is 1.33 bits per heavy atom. The highest BCUT2D eigenvalue weighted by molar-refractivity contribution is 7.99. The van der Waals surface area contributed by atoms with E-state index in [0.717, 1.165) is 23.1 Å². The van der Waals surface area contributed by atoms with E-state index in [1.54, 1.807) is 6.33 Å². The fourth-order valence-electron chi connectivity index (χ4n) is 1.24. The molecule has 1 N–H and O–H groups in total. The van der Waals surface area contributed by atoms with Gasteiger partial charge in [0.1, 0.15) is 17.2 Å². The number of hydrogen-bond donors (Lipinski definition) is 1. The van der Waals surface area contributed by atoms with E-state index in [0.29, 0.717) is 0 Å². The van der Waals surface area contributed by atoms with Crippen molar-refractivity contribution in [2.45, 2.75) is 38.6 Å². The topological polar surface area (TPSA) is 37.8 Å². The number of unbranched alkanes of at least 4 members (excludes halogenated alkanes) is 1. The second-order valence-corrected chi connectivity index (χ2v) is 4.47. The molecule has 1 aromatic rings. The monoisotopic (exact) mass is 225 g/mol. The average Bonchev–Trinajstić information content (AvgIpc) is 2.24. The van der Waals surface area contributed by atoms with Crippen molar-refractivity contribution in [2.24, 2.45) is 0 Å².